The summed E-state index contributed by atoms with van der Waals surface area (Å²) in [6.45, 7) is 2.05. The third-order valence-corrected chi connectivity index (χ3v) is 2.84. The molecule has 2 aromatic rings. The largest absolute Gasteiger partial charge is 0.439 e. The number of hydrogen-bond donors (Lipinski definition) is 1. The molecule has 0 unspecified atom stereocenters. The van der Waals surface area contributed by atoms with Crippen molar-refractivity contribution in [3.05, 3.63) is 41.0 Å². The van der Waals surface area contributed by atoms with E-state index in [-0.39, 0.29) is 0 Å². The van der Waals surface area contributed by atoms with E-state index in [1.165, 1.54) is 0 Å². The van der Waals surface area contributed by atoms with E-state index in [0.717, 1.165) is 22.8 Å². The number of aromatic nitrogens is 2. The Kier molecular flexibility index (Phi) is 3.99. The Morgan fingerprint density at radius 3 is 2.89 bits per heavy atom. The molecule has 4 nitrogen and oxygen atoms in total. The highest BCUT2D eigenvalue weighted by Crippen LogP contribution is 2.25. The molecule has 0 amide bonds. The van der Waals surface area contributed by atoms with Crippen molar-refractivity contribution in [2.45, 2.75) is 13.3 Å². The Morgan fingerprint density at radius 2 is 2.17 bits per heavy atom. The van der Waals surface area contributed by atoms with Gasteiger partial charge >= 0.3 is 0 Å². The van der Waals surface area contributed by atoms with Gasteiger partial charge in [0.25, 0.3) is 0 Å². The standard InChI is InChI=1S/C13H14ClN3O/c1-3-9-8-10(4-5-11(9)14)18-12-6-7-16-13(15-2)17-12/h4-8H,3H2,1-2H3,(H,15,16,17). The predicted octanol–water partition coefficient (Wildman–Crippen LogP) is 3.53. The van der Waals surface area contributed by atoms with Crippen molar-refractivity contribution in [3.8, 4) is 11.6 Å². The Balaban J connectivity index is 2.22. The summed E-state index contributed by atoms with van der Waals surface area (Å²) in [5.74, 6) is 1.74. The molecule has 2 rings (SSSR count). The monoisotopic (exact) mass is 263 g/mol. The third-order valence-electron chi connectivity index (χ3n) is 2.47. The molecule has 18 heavy (non-hydrogen) atoms. The first-order chi connectivity index (χ1) is 8.72. The van der Waals surface area contributed by atoms with Crippen LogP contribution in [0.5, 0.6) is 11.6 Å². The van der Waals surface area contributed by atoms with Crippen LogP contribution in [0.3, 0.4) is 0 Å². The van der Waals surface area contributed by atoms with Gasteiger partial charge < -0.3 is 10.1 Å². The molecule has 1 heterocycles. The molecule has 0 aliphatic carbocycles. The number of nitrogens with one attached hydrogen (secondary N) is 1. The average molecular weight is 264 g/mol. The number of nitrogens with zero attached hydrogens (tertiary/aromatic N) is 2. The third kappa shape index (κ3) is 2.90. The highest BCUT2D eigenvalue weighted by Gasteiger charge is 2.04. The van der Waals surface area contributed by atoms with Crippen LogP contribution >= 0.6 is 11.6 Å². The van der Waals surface area contributed by atoms with Gasteiger partial charge in [-0.1, -0.05) is 18.5 Å². The Bertz CT molecular complexity index is 546. The van der Waals surface area contributed by atoms with Crippen molar-refractivity contribution < 1.29 is 4.74 Å². The molecule has 94 valence electrons. The molecule has 0 fully saturated rings. The van der Waals surface area contributed by atoms with Gasteiger partial charge in [0.15, 0.2) is 0 Å². The lowest BCUT2D eigenvalue weighted by Gasteiger charge is -2.08. The topological polar surface area (TPSA) is 47.0 Å². The lowest BCUT2D eigenvalue weighted by atomic mass is 10.1. The van der Waals surface area contributed by atoms with Crippen molar-refractivity contribution >= 4 is 17.5 Å². The maximum atomic E-state index is 6.06. The van der Waals surface area contributed by atoms with Gasteiger partial charge in [0, 0.05) is 24.3 Å². The van der Waals surface area contributed by atoms with Gasteiger partial charge in [0.05, 0.1) is 0 Å². The number of hydrogen-bond acceptors (Lipinski definition) is 4. The quantitative estimate of drug-likeness (QED) is 0.917. The Morgan fingerprint density at radius 1 is 1.33 bits per heavy atom. The van der Waals surface area contributed by atoms with Crippen molar-refractivity contribution in [1.29, 1.82) is 0 Å². The number of ether oxygens (including phenoxy) is 1. The number of halogens is 1. The minimum Gasteiger partial charge on any atom is -0.439 e. The van der Waals surface area contributed by atoms with Crippen LogP contribution in [0.15, 0.2) is 30.5 Å². The van der Waals surface area contributed by atoms with Crippen LogP contribution in [0.25, 0.3) is 0 Å². The molecule has 0 spiro atoms. The molecule has 0 atom stereocenters. The first-order valence-corrected chi connectivity index (χ1v) is 6.07. The SMILES string of the molecule is CCc1cc(Oc2ccnc(NC)n2)ccc1Cl. The fourth-order valence-corrected chi connectivity index (χ4v) is 1.78. The Labute approximate surface area is 111 Å². The molecule has 5 heteroatoms. The lowest BCUT2D eigenvalue weighted by Crippen LogP contribution is -1.97. The summed E-state index contributed by atoms with van der Waals surface area (Å²) in [4.78, 5) is 8.21. The molecule has 0 bridgehead atoms. The van der Waals surface area contributed by atoms with Gasteiger partial charge in [0.2, 0.25) is 11.8 Å². The van der Waals surface area contributed by atoms with E-state index >= 15 is 0 Å². The van der Waals surface area contributed by atoms with Crippen LogP contribution in [0, 0.1) is 0 Å². The second-order valence-corrected chi connectivity index (χ2v) is 4.08. The van der Waals surface area contributed by atoms with Gasteiger partial charge in [-0.05, 0) is 30.2 Å². The summed E-state index contributed by atoms with van der Waals surface area (Å²) in [6.07, 6.45) is 2.51. The van der Waals surface area contributed by atoms with E-state index in [9.17, 15) is 0 Å². The number of anilines is 1. The summed E-state index contributed by atoms with van der Waals surface area (Å²) in [5, 5.41) is 3.61. The molecular formula is C13H14ClN3O. The maximum Gasteiger partial charge on any atom is 0.225 e. The van der Waals surface area contributed by atoms with Crippen molar-refractivity contribution in [3.63, 3.8) is 0 Å². The van der Waals surface area contributed by atoms with E-state index in [1.54, 1.807) is 19.3 Å². The second-order valence-electron chi connectivity index (χ2n) is 3.68. The molecule has 1 aromatic heterocycles. The van der Waals surface area contributed by atoms with E-state index < -0.39 is 0 Å². The van der Waals surface area contributed by atoms with Crippen molar-refractivity contribution in [2.75, 3.05) is 12.4 Å². The van der Waals surface area contributed by atoms with E-state index in [0.29, 0.717) is 11.8 Å². The van der Waals surface area contributed by atoms with Crippen LogP contribution in [0.4, 0.5) is 5.95 Å². The number of aryl methyl sites for hydroxylation is 1. The number of rotatable bonds is 4. The molecule has 0 saturated heterocycles. The predicted molar refractivity (Wildman–Crippen MR) is 72.5 cm³/mol. The van der Waals surface area contributed by atoms with Crippen molar-refractivity contribution in [1.82, 2.24) is 9.97 Å². The molecule has 0 radical (unpaired) electrons. The zero-order chi connectivity index (χ0) is 13.0. The molecule has 1 N–H and O–H groups in total. The van der Waals surface area contributed by atoms with Gasteiger partial charge in [-0.15, -0.1) is 0 Å². The van der Waals surface area contributed by atoms with Gasteiger partial charge in [-0.25, -0.2) is 4.98 Å². The maximum absolute atomic E-state index is 6.06. The summed E-state index contributed by atoms with van der Waals surface area (Å²) < 4.78 is 5.67. The lowest BCUT2D eigenvalue weighted by molar-refractivity contribution is 0.462. The summed E-state index contributed by atoms with van der Waals surface area (Å²) in [7, 11) is 1.76. The smallest absolute Gasteiger partial charge is 0.225 e. The Hall–Kier alpha value is -1.81. The minimum absolute atomic E-state index is 0.499. The minimum atomic E-state index is 0.499. The molecule has 0 aliphatic heterocycles. The van der Waals surface area contributed by atoms with Crippen molar-refractivity contribution in [2.24, 2.45) is 0 Å². The highest BCUT2D eigenvalue weighted by molar-refractivity contribution is 6.31. The molecule has 1 aromatic carbocycles. The van der Waals surface area contributed by atoms with Crippen LogP contribution < -0.4 is 10.1 Å². The zero-order valence-electron chi connectivity index (χ0n) is 10.3. The first kappa shape index (κ1) is 12.6. The highest BCUT2D eigenvalue weighted by atomic mass is 35.5. The average Bonchev–Trinajstić information content (AvgIpc) is 2.41. The molecule has 0 aliphatic rings. The number of benzene rings is 1. The fourth-order valence-electron chi connectivity index (χ4n) is 1.53. The van der Waals surface area contributed by atoms with Crippen LogP contribution in [0.2, 0.25) is 5.02 Å². The van der Waals surface area contributed by atoms with E-state index in [2.05, 4.69) is 22.2 Å². The van der Waals surface area contributed by atoms with Crippen LogP contribution in [0.1, 0.15) is 12.5 Å². The second kappa shape index (κ2) is 5.69. The van der Waals surface area contributed by atoms with Crippen LogP contribution in [-0.2, 0) is 6.42 Å². The van der Waals surface area contributed by atoms with E-state index in [1.807, 2.05) is 18.2 Å². The fraction of sp³-hybridized carbons (Fsp3) is 0.231. The summed E-state index contributed by atoms with van der Waals surface area (Å²) >= 11 is 6.06. The van der Waals surface area contributed by atoms with Gasteiger partial charge in [-0.3, -0.25) is 0 Å². The molecule has 0 saturated carbocycles. The normalized spacial score (nSPS) is 10.2. The summed E-state index contributed by atoms with van der Waals surface area (Å²) in [6, 6.07) is 7.28. The van der Waals surface area contributed by atoms with E-state index in [4.69, 9.17) is 16.3 Å². The van der Waals surface area contributed by atoms with Gasteiger partial charge in [-0.2, -0.15) is 4.98 Å². The summed E-state index contributed by atoms with van der Waals surface area (Å²) in [5.41, 5.74) is 1.05. The van der Waals surface area contributed by atoms with Crippen LogP contribution in [-0.4, -0.2) is 17.0 Å². The van der Waals surface area contributed by atoms with Gasteiger partial charge in [0.1, 0.15) is 5.75 Å². The molecular weight excluding hydrogens is 250 g/mol. The zero-order valence-corrected chi connectivity index (χ0v) is 11.0. The first-order valence-electron chi connectivity index (χ1n) is 5.70.